The quantitative estimate of drug-likeness (QED) is 0.839. The molecule has 0 aromatic carbocycles. The number of amides is 1. The van der Waals surface area contributed by atoms with Crippen molar-refractivity contribution in [2.45, 2.75) is 13.0 Å². The molecule has 0 saturated heterocycles. The summed E-state index contributed by atoms with van der Waals surface area (Å²) in [6.07, 6.45) is 7.18. The largest absolute Gasteiger partial charge is 0.366 e. The number of nitrogens with two attached hydrogens (primary N) is 1. The first-order chi connectivity index (χ1) is 9.65. The van der Waals surface area contributed by atoms with Crippen LogP contribution in [0.15, 0.2) is 49.4 Å². The number of pyridine rings is 1. The molecule has 6 heteroatoms. The zero-order chi connectivity index (χ0) is 14.8. The number of primary amides is 1. The monoisotopic (exact) mass is 269 g/mol. The lowest BCUT2D eigenvalue weighted by Gasteiger charge is -1.96. The van der Waals surface area contributed by atoms with Crippen LogP contribution in [0.4, 0.5) is 0 Å². The summed E-state index contributed by atoms with van der Waals surface area (Å²) in [6.45, 7) is 3.39. The lowest BCUT2D eigenvalue weighted by atomic mass is 10.1. The van der Waals surface area contributed by atoms with Gasteiger partial charge < -0.3 is 5.73 Å². The number of aromatic nitrogens is 3. The molecule has 2 heterocycles. The zero-order valence-electron chi connectivity index (χ0n) is 10.9. The van der Waals surface area contributed by atoms with E-state index < -0.39 is 5.91 Å². The molecule has 0 saturated carbocycles. The Balaban J connectivity index is 0.000000347. The molecule has 102 valence electrons. The first-order valence-corrected chi connectivity index (χ1v) is 5.85. The summed E-state index contributed by atoms with van der Waals surface area (Å²) >= 11 is 0. The number of nitriles is 1. The van der Waals surface area contributed by atoms with Crippen molar-refractivity contribution in [3.8, 4) is 6.07 Å². The van der Waals surface area contributed by atoms with Gasteiger partial charge in [0, 0.05) is 25.0 Å². The highest BCUT2D eigenvalue weighted by Crippen LogP contribution is 2.05. The van der Waals surface area contributed by atoms with Crippen LogP contribution in [-0.4, -0.2) is 20.7 Å². The molecule has 0 radical (unpaired) electrons. The first kappa shape index (κ1) is 15.1. The molecule has 2 rings (SSSR count). The van der Waals surface area contributed by atoms with Gasteiger partial charge >= 0.3 is 0 Å². The van der Waals surface area contributed by atoms with Gasteiger partial charge in [-0.05, 0) is 29.8 Å². The van der Waals surface area contributed by atoms with Gasteiger partial charge in [-0.2, -0.15) is 10.4 Å². The average Bonchev–Trinajstić information content (AvgIpc) is 2.88. The highest BCUT2D eigenvalue weighted by atomic mass is 16.1. The van der Waals surface area contributed by atoms with Gasteiger partial charge in [-0.1, -0.05) is 6.58 Å². The van der Waals surface area contributed by atoms with Gasteiger partial charge in [0.25, 0.3) is 0 Å². The van der Waals surface area contributed by atoms with Crippen molar-refractivity contribution in [1.82, 2.24) is 14.8 Å². The molecule has 0 unspecified atom stereocenters. The summed E-state index contributed by atoms with van der Waals surface area (Å²) in [5.74, 6) is -0.481. The average molecular weight is 269 g/mol. The smallest absolute Gasteiger partial charge is 0.240 e. The summed E-state index contributed by atoms with van der Waals surface area (Å²) in [4.78, 5) is 13.4. The van der Waals surface area contributed by atoms with E-state index >= 15 is 0 Å². The second-order valence-electron chi connectivity index (χ2n) is 3.80. The molecule has 0 aliphatic rings. The van der Waals surface area contributed by atoms with Crippen LogP contribution in [-0.2, 0) is 17.8 Å². The maximum atomic E-state index is 9.47. The third-order valence-corrected chi connectivity index (χ3v) is 2.26. The number of rotatable bonds is 4. The van der Waals surface area contributed by atoms with Crippen LogP contribution in [0.25, 0.3) is 0 Å². The maximum absolute atomic E-state index is 9.47. The number of nitrogens with zero attached hydrogens (tertiary/aromatic N) is 4. The van der Waals surface area contributed by atoms with Crippen molar-refractivity contribution in [1.29, 1.82) is 5.26 Å². The molecule has 0 aliphatic carbocycles. The number of hydrogen-bond donors (Lipinski definition) is 1. The van der Waals surface area contributed by atoms with Gasteiger partial charge in [-0.25, -0.2) is 0 Å². The van der Waals surface area contributed by atoms with Crippen molar-refractivity contribution in [3.63, 3.8) is 0 Å². The van der Waals surface area contributed by atoms with Gasteiger partial charge in [0.05, 0.1) is 11.8 Å². The van der Waals surface area contributed by atoms with Crippen molar-refractivity contribution >= 4 is 5.91 Å². The van der Waals surface area contributed by atoms with E-state index in [0.717, 1.165) is 18.2 Å². The summed E-state index contributed by atoms with van der Waals surface area (Å²) < 4.78 is 1.64. The Bertz CT molecular complexity index is 598. The molecular formula is C14H15N5O. The third kappa shape index (κ3) is 5.60. The second-order valence-corrected chi connectivity index (χ2v) is 3.80. The van der Waals surface area contributed by atoms with Crippen LogP contribution < -0.4 is 5.73 Å². The molecule has 0 aliphatic heterocycles. The lowest BCUT2D eigenvalue weighted by Crippen LogP contribution is -2.04. The predicted octanol–water partition coefficient (Wildman–Crippen LogP) is 1.05. The van der Waals surface area contributed by atoms with Crippen molar-refractivity contribution in [2.24, 2.45) is 5.73 Å². The van der Waals surface area contributed by atoms with Crippen molar-refractivity contribution in [3.05, 3.63) is 60.7 Å². The molecule has 0 bridgehead atoms. The van der Waals surface area contributed by atoms with Gasteiger partial charge in [0.2, 0.25) is 5.91 Å². The van der Waals surface area contributed by atoms with E-state index in [-0.39, 0.29) is 0 Å². The highest BCUT2D eigenvalue weighted by molar-refractivity contribution is 5.84. The minimum atomic E-state index is -0.481. The fourth-order valence-corrected chi connectivity index (χ4v) is 1.37. The fraction of sp³-hybridized carbons (Fsp3) is 0.143. The molecule has 2 N–H and O–H groups in total. The Morgan fingerprint density at radius 2 is 2.10 bits per heavy atom. The van der Waals surface area contributed by atoms with E-state index in [1.165, 1.54) is 5.56 Å². The van der Waals surface area contributed by atoms with Crippen LogP contribution >= 0.6 is 0 Å². The standard InChI is InChI=1S/C11H10N4.C3H5NO/c12-4-8-15-7-3-11(14-15)9-10-1-5-13-6-2-10;1-2-3(4)5/h1-3,5-7H,8-9H2;2H,1H2,(H2,4,5). The van der Waals surface area contributed by atoms with Gasteiger partial charge in [0.1, 0.15) is 6.54 Å². The summed E-state index contributed by atoms with van der Waals surface area (Å²) in [7, 11) is 0. The predicted molar refractivity (Wildman–Crippen MR) is 74.3 cm³/mol. The number of carbonyl (C=O) groups is 1. The lowest BCUT2D eigenvalue weighted by molar-refractivity contribution is -0.113. The SMILES string of the molecule is C=CC(N)=O.N#CCn1ccc(Cc2ccncc2)n1. The third-order valence-electron chi connectivity index (χ3n) is 2.26. The van der Waals surface area contributed by atoms with E-state index in [4.69, 9.17) is 5.26 Å². The Hall–Kier alpha value is -2.94. The first-order valence-electron chi connectivity index (χ1n) is 5.85. The van der Waals surface area contributed by atoms with Gasteiger partial charge in [-0.15, -0.1) is 0 Å². The molecule has 0 atom stereocenters. The van der Waals surface area contributed by atoms with Crippen LogP contribution in [0.1, 0.15) is 11.3 Å². The van der Waals surface area contributed by atoms with E-state index in [1.54, 1.807) is 17.1 Å². The van der Waals surface area contributed by atoms with Gasteiger partial charge in [0.15, 0.2) is 0 Å². The number of carbonyl (C=O) groups excluding carboxylic acids is 1. The molecular weight excluding hydrogens is 254 g/mol. The summed E-state index contributed by atoms with van der Waals surface area (Å²) in [5.41, 5.74) is 6.68. The Labute approximate surface area is 117 Å². The van der Waals surface area contributed by atoms with Crippen LogP contribution in [0.3, 0.4) is 0 Å². The second kappa shape index (κ2) is 8.21. The zero-order valence-corrected chi connectivity index (χ0v) is 10.9. The van der Waals surface area contributed by atoms with Crippen molar-refractivity contribution < 1.29 is 4.79 Å². The summed E-state index contributed by atoms with van der Waals surface area (Å²) in [5, 5.41) is 12.8. The topological polar surface area (TPSA) is 97.6 Å². The van der Waals surface area contributed by atoms with Crippen LogP contribution in [0.5, 0.6) is 0 Å². The highest BCUT2D eigenvalue weighted by Gasteiger charge is 1.99. The van der Waals surface area contributed by atoms with Gasteiger partial charge in [-0.3, -0.25) is 14.5 Å². The van der Waals surface area contributed by atoms with Crippen LogP contribution in [0.2, 0.25) is 0 Å². The van der Waals surface area contributed by atoms with Crippen molar-refractivity contribution in [2.75, 3.05) is 0 Å². The number of hydrogen-bond acceptors (Lipinski definition) is 4. The molecule has 6 nitrogen and oxygen atoms in total. The summed E-state index contributed by atoms with van der Waals surface area (Å²) in [6, 6.07) is 7.90. The molecule has 1 amide bonds. The van der Waals surface area contributed by atoms with E-state index in [0.29, 0.717) is 6.54 Å². The minimum absolute atomic E-state index is 0.302. The molecule has 2 aromatic rings. The molecule has 2 aromatic heterocycles. The van der Waals surface area contributed by atoms with Crippen LogP contribution in [0, 0.1) is 11.3 Å². The fourth-order valence-electron chi connectivity index (χ4n) is 1.37. The Morgan fingerprint density at radius 3 is 2.65 bits per heavy atom. The maximum Gasteiger partial charge on any atom is 0.240 e. The van der Waals surface area contributed by atoms with E-state index in [9.17, 15) is 4.79 Å². The minimum Gasteiger partial charge on any atom is -0.366 e. The molecule has 20 heavy (non-hydrogen) atoms. The normalized spacial score (nSPS) is 8.95. The molecule has 0 fully saturated rings. The van der Waals surface area contributed by atoms with E-state index in [1.807, 2.05) is 24.4 Å². The van der Waals surface area contributed by atoms with E-state index in [2.05, 4.69) is 28.5 Å². The Kier molecular flexibility index (Phi) is 6.21. The Morgan fingerprint density at radius 1 is 1.45 bits per heavy atom. The molecule has 0 spiro atoms.